The third-order valence-corrected chi connectivity index (χ3v) is 4.98. The molecule has 2 N–H and O–H groups in total. The first kappa shape index (κ1) is 16.8. The minimum Gasteiger partial charge on any atom is -0.352 e. The summed E-state index contributed by atoms with van der Waals surface area (Å²) in [6, 6.07) is 7.50. The third-order valence-electron chi connectivity index (χ3n) is 4.39. The molecule has 3 rings (SSSR count). The van der Waals surface area contributed by atoms with Crippen molar-refractivity contribution in [2.75, 3.05) is 11.0 Å². The molecule has 130 valence electrons. The molecule has 0 spiro atoms. The van der Waals surface area contributed by atoms with Crippen molar-refractivity contribution in [2.45, 2.75) is 44.7 Å². The molecule has 24 heavy (non-hydrogen) atoms. The van der Waals surface area contributed by atoms with E-state index in [1.54, 1.807) is 12.1 Å². The van der Waals surface area contributed by atoms with Crippen molar-refractivity contribution in [3.8, 4) is 0 Å². The molecular formula is C17H23N3O3S. The Labute approximate surface area is 142 Å². The van der Waals surface area contributed by atoms with E-state index in [-0.39, 0.29) is 18.5 Å². The molecule has 7 heteroatoms. The van der Waals surface area contributed by atoms with Gasteiger partial charge in [0.2, 0.25) is 15.9 Å². The Bertz CT molecular complexity index is 836. The number of benzene rings is 1. The largest absolute Gasteiger partial charge is 0.352 e. The first-order valence-corrected chi connectivity index (χ1v) is 10.2. The van der Waals surface area contributed by atoms with E-state index >= 15 is 0 Å². The van der Waals surface area contributed by atoms with E-state index in [0.717, 1.165) is 30.0 Å². The van der Waals surface area contributed by atoms with Crippen LogP contribution in [0.4, 0.5) is 5.69 Å². The van der Waals surface area contributed by atoms with Crippen molar-refractivity contribution >= 4 is 32.5 Å². The van der Waals surface area contributed by atoms with E-state index in [4.69, 9.17) is 0 Å². The second-order valence-electron chi connectivity index (χ2n) is 6.46. The van der Waals surface area contributed by atoms with Gasteiger partial charge in [0, 0.05) is 17.6 Å². The summed E-state index contributed by atoms with van der Waals surface area (Å²) in [5, 5.41) is 3.89. The number of fused-ring (bicyclic) bond motifs is 1. The number of hydrogen-bond acceptors (Lipinski definition) is 3. The molecule has 1 aliphatic rings. The van der Waals surface area contributed by atoms with Crippen LogP contribution in [0.5, 0.6) is 0 Å². The monoisotopic (exact) mass is 349 g/mol. The maximum absolute atomic E-state index is 12.3. The molecule has 1 aromatic carbocycles. The van der Waals surface area contributed by atoms with Gasteiger partial charge in [-0.05, 0) is 31.0 Å². The van der Waals surface area contributed by atoms with E-state index in [1.165, 1.54) is 19.3 Å². The molecule has 0 unspecified atom stereocenters. The van der Waals surface area contributed by atoms with Crippen LogP contribution < -0.4 is 10.0 Å². The molecule has 6 nitrogen and oxygen atoms in total. The lowest BCUT2D eigenvalue weighted by Crippen LogP contribution is -2.38. The van der Waals surface area contributed by atoms with Crippen LogP contribution in [0, 0.1) is 0 Å². The first-order valence-electron chi connectivity index (χ1n) is 8.27. The summed E-state index contributed by atoms with van der Waals surface area (Å²) in [5.74, 6) is 0.000810. The number of carbonyl (C=O) groups excluding carboxylic acids is 1. The summed E-state index contributed by atoms with van der Waals surface area (Å²) in [4.78, 5) is 12.3. The molecule has 1 heterocycles. The lowest BCUT2D eigenvalue weighted by Gasteiger charge is -2.22. The Hall–Kier alpha value is -2.02. The smallest absolute Gasteiger partial charge is 0.240 e. The summed E-state index contributed by atoms with van der Waals surface area (Å²) < 4.78 is 27.3. The minimum atomic E-state index is -3.34. The molecule has 1 aromatic heterocycles. The number of sulfonamides is 1. The number of anilines is 1. The first-order chi connectivity index (χ1) is 11.4. The van der Waals surface area contributed by atoms with Crippen LogP contribution in [0.25, 0.3) is 10.9 Å². The number of nitrogens with one attached hydrogen (secondary N) is 2. The number of carbonyl (C=O) groups is 1. The van der Waals surface area contributed by atoms with Crippen LogP contribution in [0.1, 0.15) is 32.1 Å². The standard InChI is InChI=1S/C17H23N3O3S/c1-24(22,23)19-15-8-5-9-16-14(15)10-11-20(16)12-17(21)18-13-6-3-2-4-7-13/h5,8-11,13,19H,2-4,6-7,12H2,1H3,(H,18,21). The fourth-order valence-corrected chi connectivity index (χ4v) is 3.90. The fourth-order valence-electron chi connectivity index (χ4n) is 3.33. The molecule has 0 aliphatic heterocycles. The highest BCUT2D eigenvalue weighted by Gasteiger charge is 2.16. The van der Waals surface area contributed by atoms with Gasteiger partial charge in [-0.25, -0.2) is 8.42 Å². The van der Waals surface area contributed by atoms with E-state index in [0.29, 0.717) is 5.69 Å². The van der Waals surface area contributed by atoms with Gasteiger partial charge in [0.15, 0.2) is 0 Å². The molecule has 0 bridgehead atoms. The number of aromatic nitrogens is 1. The van der Waals surface area contributed by atoms with Gasteiger partial charge in [-0.3, -0.25) is 9.52 Å². The van der Waals surface area contributed by atoms with Crippen LogP contribution in [0.15, 0.2) is 30.5 Å². The molecule has 0 atom stereocenters. The van der Waals surface area contributed by atoms with Crippen LogP contribution in [0.2, 0.25) is 0 Å². The summed E-state index contributed by atoms with van der Waals surface area (Å²) >= 11 is 0. The zero-order valence-corrected chi connectivity index (χ0v) is 14.6. The van der Waals surface area contributed by atoms with E-state index in [2.05, 4.69) is 10.0 Å². The zero-order chi connectivity index (χ0) is 17.2. The van der Waals surface area contributed by atoms with Crippen LogP contribution in [-0.2, 0) is 21.4 Å². The fraction of sp³-hybridized carbons (Fsp3) is 0.471. The van der Waals surface area contributed by atoms with Crippen LogP contribution >= 0.6 is 0 Å². The Morgan fingerprint density at radius 2 is 1.96 bits per heavy atom. The topological polar surface area (TPSA) is 80.2 Å². The van der Waals surface area contributed by atoms with Crippen molar-refractivity contribution in [3.05, 3.63) is 30.5 Å². The van der Waals surface area contributed by atoms with Crippen molar-refractivity contribution in [2.24, 2.45) is 0 Å². The van der Waals surface area contributed by atoms with E-state index in [1.807, 2.05) is 22.9 Å². The molecule has 2 aromatic rings. The maximum atomic E-state index is 12.3. The molecule has 1 fully saturated rings. The third kappa shape index (κ3) is 4.08. The predicted octanol–water partition coefficient (Wildman–Crippen LogP) is 2.46. The number of nitrogens with zero attached hydrogens (tertiary/aromatic N) is 1. The average molecular weight is 349 g/mol. The van der Waals surface area contributed by atoms with E-state index < -0.39 is 10.0 Å². The number of hydrogen-bond donors (Lipinski definition) is 2. The average Bonchev–Trinajstić information content (AvgIpc) is 2.91. The minimum absolute atomic E-state index is 0.000810. The number of amides is 1. The van der Waals surface area contributed by atoms with Gasteiger partial charge in [-0.1, -0.05) is 25.3 Å². The van der Waals surface area contributed by atoms with Gasteiger partial charge in [0.25, 0.3) is 0 Å². The highest BCUT2D eigenvalue weighted by molar-refractivity contribution is 7.92. The lowest BCUT2D eigenvalue weighted by atomic mass is 9.95. The molecule has 0 saturated heterocycles. The summed E-state index contributed by atoms with van der Waals surface area (Å²) in [6.45, 7) is 0.238. The van der Waals surface area contributed by atoms with Gasteiger partial charge in [0.05, 0.1) is 17.5 Å². The van der Waals surface area contributed by atoms with Crippen molar-refractivity contribution in [3.63, 3.8) is 0 Å². The Morgan fingerprint density at radius 1 is 1.21 bits per heavy atom. The van der Waals surface area contributed by atoms with Crippen LogP contribution in [-0.4, -0.2) is 31.2 Å². The molecule has 1 aliphatic carbocycles. The molecule has 1 amide bonds. The van der Waals surface area contributed by atoms with Gasteiger partial charge < -0.3 is 9.88 Å². The van der Waals surface area contributed by atoms with E-state index in [9.17, 15) is 13.2 Å². The van der Waals surface area contributed by atoms with Gasteiger partial charge in [0.1, 0.15) is 6.54 Å². The van der Waals surface area contributed by atoms with Gasteiger partial charge in [-0.2, -0.15) is 0 Å². The second kappa shape index (κ2) is 6.84. The van der Waals surface area contributed by atoms with Gasteiger partial charge >= 0.3 is 0 Å². The van der Waals surface area contributed by atoms with Crippen molar-refractivity contribution < 1.29 is 13.2 Å². The second-order valence-corrected chi connectivity index (χ2v) is 8.21. The van der Waals surface area contributed by atoms with Crippen molar-refractivity contribution in [1.29, 1.82) is 0 Å². The zero-order valence-electron chi connectivity index (χ0n) is 13.8. The lowest BCUT2D eigenvalue weighted by molar-refractivity contribution is -0.122. The summed E-state index contributed by atoms with van der Waals surface area (Å²) in [7, 11) is -3.34. The quantitative estimate of drug-likeness (QED) is 0.870. The highest BCUT2D eigenvalue weighted by atomic mass is 32.2. The van der Waals surface area contributed by atoms with Crippen LogP contribution in [0.3, 0.4) is 0 Å². The molecular weight excluding hydrogens is 326 g/mol. The Morgan fingerprint density at radius 3 is 2.67 bits per heavy atom. The predicted molar refractivity (Wildman–Crippen MR) is 95.4 cm³/mol. The molecule has 1 saturated carbocycles. The van der Waals surface area contributed by atoms with Crippen molar-refractivity contribution in [1.82, 2.24) is 9.88 Å². The van der Waals surface area contributed by atoms with Gasteiger partial charge in [-0.15, -0.1) is 0 Å². The SMILES string of the molecule is CS(=O)(=O)Nc1cccc2c1ccn2CC(=O)NC1CCCCC1. The Kier molecular flexibility index (Phi) is 4.80. The Balaban J connectivity index is 1.75. The summed E-state index contributed by atoms with van der Waals surface area (Å²) in [5.41, 5.74) is 1.36. The maximum Gasteiger partial charge on any atom is 0.240 e. The normalized spacial score (nSPS) is 16.2. The summed E-state index contributed by atoms with van der Waals surface area (Å²) in [6.07, 6.45) is 8.67. The molecule has 0 radical (unpaired) electrons. The highest BCUT2D eigenvalue weighted by Crippen LogP contribution is 2.25. The number of rotatable bonds is 5.